The van der Waals surface area contributed by atoms with Gasteiger partial charge < -0.3 is 10.5 Å². The molecule has 1 unspecified atom stereocenters. The van der Waals surface area contributed by atoms with E-state index in [1.807, 2.05) is 13.8 Å². The molecular formula is C7H14N4O. The molecule has 0 spiro atoms. The van der Waals surface area contributed by atoms with E-state index in [2.05, 4.69) is 15.2 Å². The lowest BCUT2D eigenvalue weighted by Gasteiger charge is -2.11. The van der Waals surface area contributed by atoms with E-state index in [-0.39, 0.29) is 12.1 Å². The number of nitrogens with one attached hydrogen (secondary N) is 1. The van der Waals surface area contributed by atoms with Crippen molar-refractivity contribution in [2.45, 2.75) is 26.0 Å². The number of H-pyrrole nitrogens is 1. The molecule has 12 heavy (non-hydrogen) atoms. The maximum Gasteiger partial charge on any atom is 0.143 e. The number of aromatic amines is 1. The Labute approximate surface area is 71.3 Å². The summed E-state index contributed by atoms with van der Waals surface area (Å²) in [4.78, 5) is 3.92. The number of nitrogens with zero attached hydrogens (tertiary/aromatic N) is 2. The molecule has 5 heteroatoms. The lowest BCUT2D eigenvalue weighted by atomic mass is 10.3. The minimum atomic E-state index is -0.213. The predicted molar refractivity (Wildman–Crippen MR) is 44.4 cm³/mol. The highest BCUT2D eigenvalue weighted by Gasteiger charge is 2.09. The molecule has 5 nitrogen and oxygen atoms in total. The second-order valence-corrected chi connectivity index (χ2v) is 2.86. The first kappa shape index (κ1) is 9.15. The van der Waals surface area contributed by atoms with E-state index in [0.717, 1.165) is 0 Å². The average molecular weight is 170 g/mol. The molecule has 0 bridgehead atoms. The van der Waals surface area contributed by atoms with Crippen molar-refractivity contribution in [3.63, 3.8) is 0 Å². The monoisotopic (exact) mass is 170 g/mol. The molecule has 0 radical (unpaired) electrons. The van der Waals surface area contributed by atoms with E-state index >= 15 is 0 Å². The molecule has 1 atom stereocenters. The van der Waals surface area contributed by atoms with E-state index in [1.54, 1.807) is 0 Å². The highest BCUT2D eigenvalue weighted by atomic mass is 16.5. The molecule has 3 N–H and O–H groups in total. The molecular weight excluding hydrogens is 156 g/mol. The summed E-state index contributed by atoms with van der Waals surface area (Å²) in [7, 11) is 0. The smallest absolute Gasteiger partial charge is 0.143 e. The molecule has 0 amide bonds. The van der Waals surface area contributed by atoms with E-state index < -0.39 is 0 Å². The fourth-order valence-electron chi connectivity index (χ4n) is 0.769. The highest BCUT2D eigenvalue weighted by Crippen LogP contribution is 2.03. The van der Waals surface area contributed by atoms with Crippen LogP contribution in [0.5, 0.6) is 0 Å². The van der Waals surface area contributed by atoms with Gasteiger partial charge in [0.1, 0.15) is 12.2 Å². The Bertz CT molecular complexity index is 209. The number of nitrogens with two attached hydrogens (primary N) is 1. The third-order valence-electron chi connectivity index (χ3n) is 1.39. The molecule has 1 rings (SSSR count). The summed E-state index contributed by atoms with van der Waals surface area (Å²) in [5, 5.41) is 6.39. The second kappa shape index (κ2) is 4.18. The van der Waals surface area contributed by atoms with Crippen LogP contribution in [0.3, 0.4) is 0 Å². The van der Waals surface area contributed by atoms with E-state index in [9.17, 15) is 0 Å². The Morgan fingerprint density at radius 3 is 2.92 bits per heavy atom. The van der Waals surface area contributed by atoms with Crippen molar-refractivity contribution in [2.75, 3.05) is 6.61 Å². The fraction of sp³-hybridized carbons (Fsp3) is 0.714. The summed E-state index contributed by atoms with van der Waals surface area (Å²) in [5.41, 5.74) is 5.73. The summed E-state index contributed by atoms with van der Waals surface area (Å²) in [6.07, 6.45) is 1.63. The van der Waals surface area contributed by atoms with Gasteiger partial charge in [0.05, 0.1) is 18.8 Å². The highest BCUT2D eigenvalue weighted by molar-refractivity contribution is 4.88. The third-order valence-corrected chi connectivity index (χ3v) is 1.39. The molecule has 0 aromatic carbocycles. The Balaban J connectivity index is 2.34. The molecule has 0 fully saturated rings. The minimum absolute atomic E-state index is 0.193. The van der Waals surface area contributed by atoms with Crippen LogP contribution in [0.1, 0.15) is 25.7 Å². The van der Waals surface area contributed by atoms with Crippen molar-refractivity contribution in [2.24, 2.45) is 5.73 Å². The fourth-order valence-corrected chi connectivity index (χ4v) is 0.769. The van der Waals surface area contributed by atoms with Crippen LogP contribution in [0.15, 0.2) is 6.33 Å². The van der Waals surface area contributed by atoms with E-state index in [1.165, 1.54) is 6.33 Å². The zero-order valence-electron chi connectivity index (χ0n) is 7.32. The van der Waals surface area contributed by atoms with Crippen LogP contribution in [-0.2, 0) is 4.74 Å². The van der Waals surface area contributed by atoms with Crippen molar-refractivity contribution in [1.82, 2.24) is 15.2 Å². The van der Waals surface area contributed by atoms with Gasteiger partial charge >= 0.3 is 0 Å². The topological polar surface area (TPSA) is 76.8 Å². The third kappa shape index (κ3) is 2.60. The number of ether oxygens (including phenoxy) is 1. The largest absolute Gasteiger partial charge is 0.377 e. The average Bonchev–Trinajstić information content (AvgIpc) is 2.51. The zero-order valence-corrected chi connectivity index (χ0v) is 7.32. The molecule has 0 aliphatic carbocycles. The molecule has 0 aliphatic rings. The maximum atomic E-state index is 5.73. The van der Waals surface area contributed by atoms with Crippen LogP contribution in [-0.4, -0.2) is 27.9 Å². The molecule has 1 heterocycles. The first-order valence-corrected chi connectivity index (χ1v) is 3.92. The molecule has 0 saturated heterocycles. The van der Waals surface area contributed by atoms with Crippen LogP contribution in [0, 0.1) is 0 Å². The van der Waals surface area contributed by atoms with Crippen molar-refractivity contribution in [3.8, 4) is 0 Å². The van der Waals surface area contributed by atoms with Crippen LogP contribution < -0.4 is 5.73 Å². The summed E-state index contributed by atoms with van der Waals surface area (Å²) < 4.78 is 5.31. The second-order valence-electron chi connectivity index (χ2n) is 2.86. The lowest BCUT2D eigenvalue weighted by molar-refractivity contribution is 0.0669. The SMILES string of the molecule is CC(C)OCC(N)c1ncn[nH]1. The Kier molecular flexibility index (Phi) is 3.19. The van der Waals surface area contributed by atoms with Gasteiger partial charge in [-0.3, -0.25) is 5.10 Å². The standard InChI is InChI=1S/C7H14N4O/c1-5(2)12-3-6(8)7-9-4-10-11-7/h4-6H,3,8H2,1-2H3,(H,9,10,11). The normalized spacial score (nSPS) is 13.7. The van der Waals surface area contributed by atoms with Gasteiger partial charge in [-0.25, -0.2) is 4.98 Å². The van der Waals surface area contributed by atoms with E-state index in [0.29, 0.717) is 12.4 Å². The summed E-state index contributed by atoms with van der Waals surface area (Å²) >= 11 is 0. The first-order valence-electron chi connectivity index (χ1n) is 3.92. The molecule has 0 saturated carbocycles. The predicted octanol–water partition coefficient (Wildman–Crippen LogP) is 0.229. The number of hydrogen-bond acceptors (Lipinski definition) is 4. The number of rotatable bonds is 4. The van der Waals surface area contributed by atoms with Gasteiger partial charge in [-0.15, -0.1) is 0 Å². The zero-order chi connectivity index (χ0) is 8.97. The van der Waals surface area contributed by atoms with Gasteiger partial charge in [-0.2, -0.15) is 5.10 Å². The number of aromatic nitrogens is 3. The molecule has 1 aromatic rings. The first-order chi connectivity index (χ1) is 5.70. The maximum absolute atomic E-state index is 5.73. The van der Waals surface area contributed by atoms with Gasteiger partial charge in [0.25, 0.3) is 0 Å². The Morgan fingerprint density at radius 1 is 1.67 bits per heavy atom. The van der Waals surface area contributed by atoms with Crippen molar-refractivity contribution in [3.05, 3.63) is 12.2 Å². The molecule has 68 valence electrons. The summed E-state index contributed by atoms with van der Waals surface area (Å²) in [6, 6.07) is -0.213. The van der Waals surface area contributed by atoms with Gasteiger partial charge in [0.2, 0.25) is 0 Å². The van der Waals surface area contributed by atoms with Crippen LogP contribution in [0.25, 0.3) is 0 Å². The van der Waals surface area contributed by atoms with Gasteiger partial charge in [-0.05, 0) is 13.8 Å². The van der Waals surface area contributed by atoms with Gasteiger partial charge in [0, 0.05) is 0 Å². The van der Waals surface area contributed by atoms with Crippen molar-refractivity contribution in [1.29, 1.82) is 0 Å². The molecule has 0 aliphatic heterocycles. The lowest BCUT2D eigenvalue weighted by Crippen LogP contribution is -2.20. The van der Waals surface area contributed by atoms with Crippen LogP contribution in [0.2, 0.25) is 0 Å². The molecule has 1 aromatic heterocycles. The minimum Gasteiger partial charge on any atom is -0.377 e. The summed E-state index contributed by atoms with van der Waals surface area (Å²) in [5.74, 6) is 0.663. The van der Waals surface area contributed by atoms with E-state index in [4.69, 9.17) is 10.5 Å². The van der Waals surface area contributed by atoms with Crippen LogP contribution >= 0.6 is 0 Å². The van der Waals surface area contributed by atoms with Gasteiger partial charge in [0.15, 0.2) is 0 Å². The quantitative estimate of drug-likeness (QED) is 0.678. The van der Waals surface area contributed by atoms with Gasteiger partial charge in [-0.1, -0.05) is 0 Å². The van der Waals surface area contributed by atoms with Crippen molar-refractivity contribution >= 4 is 0 Å². The Morgan fingerprint density at radius 2 is 2.42 bits per heavy atom. The van der Waals surface area contributed by atoms with Crippen LogP contribution in [0.4, 0.5) is 0 Å². The van der Waals surface area contributed by atoms with Crippen molar-refractivity contribution < 1.29 is 4.74 Å². The summed E-state index contributed by atoms with van der Waals surface area (Å²) in [6.45, 7) is 4.40. The number of hydrogen-bond donors (Lipinski definition) is 2. The Hall–Kier alpha value is -0.940.